The van der Waals surface area contributed by atoms with Crippen molar-refractivity contribution in [3.8, 4) is 22.9 Å². The molecular weight excluding hydrogens is 460 g/mol. The zero-order valence-electron chi connectivity index (χ0n) is 18.3. The van der Waals surface area contributed by atoms with Crippen LogP contribution < -0.4 is 14.8 Å². The van der Waals surface area contributed by atoms with Crippen LogP contribution in [-0.2, 0) is 0 Å². The summed E-state index contributed by atoms with van der Waals surface area (Å²) in [5.74, 6) is 2.28. The van der Waals surface area contributed by atoms with Crippen molar-refractivity contribution in [1.82, 2.24) is 20.4 Å². The molecule has 1 aromatic heterocycles. The van der Waals surface area contributed by atoms with E-state index in [1.807, 2.05) is 49.4 Å². The molecule has 33 heavy (non-hydrogen) atoms. The van der Waals surface area contributed by atoms with Gasteiger partial charge in [0.1, 0.15) is 0 Å². The standard InChI is InChI=1S/C24H23ClN4O3S/c1-3-4-10-29-14(2)20(21(26-24(29)33)15-6-5-7-17(25)11-15)23-27-22(28-32-23)16-8-9-18-19(12-16)31-13-30-18/h5-9,11-12,21H,3-4,10,13H2,1-2H3,(H,26,33). The van der Waals surface area contributed by atoms with E-state index in [1.54, 1.807) is 0 Å². The number of hydrogen-bond acceptors (Lipinski definition) is 6. The molecule has 2 aliphatic rings. The number of nitrogens with zero attached hydrogens (tertiary/aromatic N) is 3. The van der Waals surface area contributed by atoms with E-state index >= 15 is 0 Å². The predicted octanol–water partition coefficient (Wildman–Crippen LogP) is 5.58. The van der Waals surface area contributed by atoms with Crippen LogP contribution in [0.1, 0.15) is 44.2 Å². The topological polar surface area (TPSA) is 72.7 Å². The molecule has 3 aromatic rings. The Morgan fingerprint density at radius 3 is 2.85 bits per heavy atom. The number of ether oxygens (including phenoxy) is 2. The molecule has 170 valence electrons. The molecule has 1 atom stereocenters. The summed E-state index contributed by atoms with van der Waals surface area (Å²) in [6, 6.07) is 13.0. The first-order valence-electron chi connectivity index (χ1n) is 10.8. The molecule has 5 rings (SSSR count). The van der Waals surface area contributed by atoms with Gasteiger partial charge in [-0.05, 0) is 61.5 Å². The Morgan fingerprint density at radius 2 is 2.03 bits per heavy atom. The summed E-state index contributed by atoms with van der Waals surface area (Å²) >= 11 is 12.0. The number of aromatic nitrogens is 2. The van der Waals surface area contributed by atoms with E-state index in [9.17, 15) is 0 Å². The average molecular weight is 483 g/mol. The van der Waals surface area contributed by atoms with Gasteiger partial charge >= 0.3 is 0 Å². The molecule has 0 amide bonds. The first kappa shape index (κ1) is 21.7. The molecule has 0 saturated carbocycles. The van der Waals surface area contributed by atoms with Gasteiger partial charge in [-0.15, -0.1) is 0 Å². The van der Waals surface area contributed by atoms with Crippen LogP contribution in [0.25, 0.3) is 17.0 Å². The Hall–Kier alpha value is -3.10. The highest BCUT2D eigenvalue weighted by molar-refractivity contribution is 7.80. The summed E-state index contributed by atoms with van der Waals surface area (Å²) in [6.07, 6.45) is 2.08. The van der Waals surface area contributed by atoms with Crippen molar-refractivity contribution in [2.45, 2.75) is 32.7 Å². The Labute approximate surface area is 202 Å². The van der Waals surface area contributed by atoms with Gasteiger partial charge < -0.3 is 24.2 Å². The van der Waals surface area contributed by atoms with Gasteiger partial charge in [0.15, 0.2) is 16.6 Å². The number of unbranched alkanes of at least 4 members (excludes halogenated alkanes) is 1. The van der Waals surface area contributed by atoms with Crippen molar-refractivity contribution in [2.75, 3.05) is 13.3 Å². The van der Waals surface area contributed by atoms with Crippen molar-refractivity contribution < 1.29 is 14.0 Å². The normalized spacial score (nSPS) is 17.5. The molecule has 0 aliphatic carbocycles. The van der Waals surface area contributed by atoms with Crippen molar-refractivity contribution in [1.29, 1.82) is 0 Å². The lowest BCUT2D eigenvalue weighted by atomic mass is 9.94. The maximum absolute atomic E-state index is 6.30. The smallest absolute Gasteiger partial charge is 0.258 e. The fraction of sp³-hybridized carbons (Fsp3) is 0.292. The van der Waals surface area contributed by atoms with Gasteiger partial charge in [-0.25, -0.2) is 0 Å². The number of halogens is 1. The van der Waals surface area contributed by atoms with E-state index in [0.29, 0.717) is 33.3 Å². The summed E-state index contributed by atoms with van der Waals surface area (Å²) in [5, 5.41) is 9.03. The van der Waals surface area contributed by atoms with Crippen LogP contribution in [0.3, 0.4) is 0 Å². The molecule has 0 radical (unpaired) electrons. The van der Waals surface area contributed by atoms with E-state index in [-0.39, 0.29) is 12.8 Å². The molecule has 0 saturated heterocycles. The maximum atomic E-state index is 6.30. The second kappa shape index (κ2) is 9.03. The van der Waals surface area contributed by atoms with Crippen LogP contribution >= 0.6 is 23.8 Å². The number of benzene rings is 2. The van der Waals surface area contributed by atoms with E-state index < -0.39 is 0 Å². The summed E-state index contributed by atoms with van der Waals surface area (Å²) in [5.41, 5.74) is 3.62. The Bertz CT molecular complexity index is 1240. The van der Waals surface area contributed by atoms with E-state index in [2.05, 4.69) is 22.3 Å². The van der Waals surface area contributed by atoms with Gasteiger partial charge in [0, 0.05) is 22.8 Å². The minimum absolute atomic E-state index is 0.211. The number of thiocarbonyl (C=S) groups is 1. The lowest BCUT2D eigenvalue weighted by Gasteiger charge is -2.37. The zero-order valence-corrected chi connectivity index (χ0v) is 19.9. The molecule has 3 heterocycles. The lowest BCUT2D eigenvalue weighted by molar-refractivity contribution is 0.174. The first-order valence-corrected chi connectivity index (χ1v) is 11.6. The summed E-state index contributed by atoms with van der Waals surface area (Å²) in [7, 11) is 0. The third-order valence-corrected chi connectivity index (χ3v) is 6.37. The molecule has 0 bridgehead atoms. The lowest BCUT2D eigenvalue weighted by Crippen LogP contribution is -2.46. The predicted molar refractivity (Wildman–Crippen MR) is 130 cm³/mol. The summed E-state index contributed by atoms with van der Waals surface area (Å²) < 4.78 is 16.7. The van der Waals surface area contributed by atoms with Gasteiger partial charge in [0.25, 0.3) is 5.89 Å². The molecule has 2 aliphatic heterocycles. The Balaban J connectivity index is 1.57. The van der Waals surface area contributed by atoms with E-state index in [4.69, 9.17) is 42.8 Å². The van der Waals surface area contributed by atoms with Crippen molar-refractivity contribution >= 4 is 34.5 Å². The van der Waals surface area contributed by atoms with Crippen LogP contribution in [0.4, 0.5) is 0 Å². The average Bonchev–Trinajstić information content (AvgIpc) is 3.48. The highest BCUT2D eigenvalue weighted by atomic mass is 35.5. The molecule has 2 aromatic carbocycles. The molecule has 0 spiro atoms. The minimum atomic E-state index is -0.265. The summed E-state index contributed by atoms with van der Waals surface area (Å²) in [4.78, 5) is 6.84. The van der Waals surface area contributed by atoms with E-state index in [1.165, 1.54) is 0 Å². The second-order valence-corrected chi connectivity index (χ2v) is 8.76. The quantitative estimate of drug-likeness (QED) is 0.456. The van der Waals surface area contributed by atoms with Crippen LogP contribution in [-0.4, -0.2) is 33.5 Å². The van der Waals surface area contributed by atoms with Crippen LogP contribution in [0, 0.1) is 0 Å². The van der Waals surface area contributed by atoms with Crippen LogP contribution in [0.5, 0.6) is 11.5 Å². The van der Waals surface area contributed by atoms with Crippen molar-refractivity contribution in [2.24, 2.45) is 0 Å². The number of rotatable bonds is 6. The van der Waals surface area contributed by atoms with Crippen molar-refractivity contribution in [3.05, 3.63) is 64.6 Å². The fourth-order valence-corrected chi connectivity index (χ4v) is 4.61. The number of allylic oxidation sites excluding steroid dienone is 1. The first-order chi connectivity index (χ1) is 16.0. The third kappa shape index (κ3) is 4.16. The minimum Gasteiger partial charge on any atom is -0.454 e. The number of nitrogens with one attached hydrogen (secondary N) is 1. The third-order valence-electron chi connectivity index (χ3n) is 5.80. The van der Waals surface area contributed by atoms with Crippen molar-refractivity contribution in [3.63, 3.8) is 0 Å². The monoisotopic (exact) mass is 482 g/mol. The molecule has 7 nitrogen and oxygen atoms in total. The molecule has 1 unspecified atom stereocenters. The number of hydrogen-bond donors (Lipinski definition) is 1. The summed E-state index contributed by atoms with van der Waals surface area (Å²) in [6.45, 7) is 5.22. The van der Waals surface area contributed by atoms with E-state index in [0.717, 1.165) is 41.8 Å². The number of fused-ring (bicyclic) bond motifs is 1. The zero-order chi connectivity index (χ0) is 22.9. The maximum Gasteiger partial charge on any atom is 0.258 e. The largest absolute Gasteiger partial charge is 0.454 e. The Morgan fingerprint density at radius 1 is 1.18 bits per heavy atom. The van der Waals surface area contributed by atoms with Gasteiger partial charge in [-0.3, -0.25) is 0 Å². The van der Waals surface area contributed by atoms with Crippen LogP contribution in [0.2, 0.25) is 5.02 Å². The highest BCUT2D eigenvalue weighted by Crippen LogP contribution is 2.39. The fourth-order valence-electron chi connectivity index (χ4n) is 4.07. The molecule has 1 N–H and O–H groups in total. The van der Waals surface area contributed by atoms with Gasteiger partial charge in [0.2, 0.25) is 12.6 Å². The molecular formula is C24H23ClN4O3S. The van der Waals surface area contributed by atoms with Gasteiger partial charge in [0.05, 0.1) is 11.6 Å². The molecule has 0 fully saturated rings. The molecule has 9 heteroatoms. The SMILES string of the molecule is CCCCN1C(=S)NC(c2cccc(Cl)c2)C(c2nc(-c3ccc4c(c3)OCO4)no2)=C1C. The Kier molecular flexibility index (Phi) is 5.95. The van der Waals surface area contributed by atoms with Gasteiger partial charge in [-0.2, -0.15) is 4.98 Å². The van der Waals surface area contributed by atoms with Gasteiger partial charge in [-0.1, -0.05) is 42.2 Å². The highest BCUT2D eigenvalue weighted by Gasteiger charge is 2.34. The second-order valence-electron chi connectivity index (χ2n) is 7.93. The van der Waals surface area contributed by atoms with Crippen LogP contribution in [0.15, 0.2) is 52.7 Å².